The maximum absolute atomic E-state index is 12.8. The van der Waals surface area contributed by atoms with Gasteiger partial charge in [0.25, 0.3) is 0 Å². The smallest absolute Gasteiger partial charge is 0.235 e. The Morgan fingerprint density at radius 1 is 1.16 bits per heavy atom. The summed E-state index contributed by atoms with van der Waals surface area (Å²) in [6.45, 7) is 4.71. The normalized spacial score (nSPS) is 30.8. The van der Waals surface area contributed by atoms with E-state index >= 15 is 0 Å². The number of hydrogen-bond donors (Lipinski definition) is 1. The minimum atomic E-state index is -0.319. The second kappa shape index (κ2) is 6.61. The van der Waals surface area contributed by atoms with E-state index < -0.39 is 0 Å². The van der Waals surface area contributed by atoms with Crippen molar-refractivity contribution < 1.29 is 9.53 Å². The molecule has 1 amide bonds. The van der Waals surface area contributed by atoms with E-state index in [1.165, 1.54) is 25.1 Å². The summed E-state index contributed by atoms with van der Waals surface area (Å²) < 4.78 is 5.31. The second-order valence-electron chi connectivity index (χ2n) is 7.87. The topological polar surface area (TPSA) is 44.8 Å². The fraction of sp³-hybridized carbons (Fsp3) is 0.650. The van der Waals surface area contributed by atoms with E-state index in [0.29, 0.717) is 6.04 Å². The molecule has 2 aliphatic heterocycles. The van der Waals surface area contributed by atoms with Crippen molar-refractivity contribution in [1.82, 2.24) is 9.80 Å². The molecule has 1 spiro atoms. The van der Waals surface area contributed by atoms with Crippen LogP contribution in [0.25, 0.3) is 0 Å². The van der Waals surface area contributed by atoms with Crippen LogP contribution >= 0.6 is 0 Å². The Bertz CT molecular complexity index is 652. The fourth-order valence-electron chi connectivity index (χ4n) is 4.92. The van der Waals surface area contributed by atoms with E-state index in [2.05, 4.69) is 28.2 Å². The quantitative estimate of drug-likeness (QED) is 0.896. The number of ether oxygens (including phenoxy) is 1. The van der Waals surface area contributed by atoms with Gasteiger partial charge in [0.2, 0.25) is 5.91 Å². The van der Waals surface area contributed by atoms with Gasteiger partial charge in [-0.3, -0.25) is 9.69 Å². The molecule has 1 saturated heterocycles. The number of likely N-dealkylation sites (N-methyl/N-ethyl adjacent to an activating group) is 1. The van der Waals surface area contributed by atoms with Gasteiger partial charge in [0.05, 0.1) is 12.5 Å². The van der Waals surface area contributed by atoms with Crippen LogP contribution in [-0.2, 0) is 10.2 Å². The van der Waals surface area contributed by atoms with E-state index in [-0.39, 0.29) is 11.3 Å². The summed E-state index contributed by atoms with van der Waals surface area (Å²) in [5.41, 5.74) is 1.80. The molecule has 5 nitrogen and oxygen atoms in total. The number of nitrogens with one attached hydrogen (secondary N) is 1. The molecule has 1 aliphatic carbocycles. The first-order chi connectivity index (χ1) is 12.1. The van der Waals surface area contributed by atoms with Gasteiger partial charge in [-0.15, -0.1) is 0 Å². The second-order valence-corrected chi connectivity index (χ2v) is 7.87. The van der Waals surface area contributed by atoms with Gasteiger partial charge in [-0.05, 0) is 63.9 Å². The number of nitrogens with zero attached hydrogens (tertiary/aromatic N) is 2. The van der Waals surface area contributed by atoms with Gasteiger partial charge >= 0.3 is 0 Å². The number of amides is 1. The molecule has 0 radical (unpaired) electrons. The molecule has 1 aromatic carbocycles. The van der Waals surface area contributed by atoms with E-state index in [0.717, 1.165) is 50.2 Å². The average Bonchev–Trinajstić information content (AvgIpc) is 2.77. The maximum Gasteiger partial charge on any atom is 0.235 e. The third kappa shape index (κ3) is 2.93. The van der Waals surface area contributed by atoms with Crippen molar-refractivity contribution in [3.8, 4) is 5.75 Å². The molecule has 25 heavy (non-hydrogen) atoms. The Balaban J connectivity index is 1.49. The number of hydrogen-bond acceptors (Lipinski definition) is 4. The monoisotopic (exact) mass is 343 g/mol. The summed E-state index contributed by atoms with van der Waals surface area (Å²) in [7, 11) is 3.88. The van der Waals surface area contributed by atoms with Crippen molar-refractivity contribution in [2.45, 2.75) is 43.6 Å². The highest BCUT2D eigenvalue weighted by molar-refractivity contribution is 6.06. The molecule has 1 saturated carbocycles. The Morgan fingerprint density at radius 2 is 1.96 bits per heavy atom. The van der Waals surface area contributed by atoms with E-state index in [1.54, 1.807) is 7.11 Å². The van der Waals surface area contributed by atoms with Crippen molar-refractivity contribution in [3.63, 3.8) is 0 Å². The van der Waals surface area contributed by atoms with Crippen molar-refractivity contribution in [3.05, 3.63) is 23.8 Å². The predicted molar refractivity (Wildman–Crippen MR) is 99.2 cm³/mol. The van der Waals surface area contributed by atoms with Crippen LogP contribution in [0.3, 0.4) is 0 Å². The molecule has 0 aromatic heterocycles. The molecule has 4 rings (SSSR count). The molecule has 2 fully saturated rings. The predicted octanol–water partition coefficient (Wildman–Crippen LogP) is 2.47. The average molecular weight is 343 g/mol. The summed E-state index contributed by atoms with van der Waals surface area (Å²) in [6.07, 6.45) is 5.39. The first-order valence-corrected chi connectivity index (χ1v) is 9.55. The molecule has 1 N–H and O–H groups in total. The molecule has 3 aliphatic rings. The number of benzene rings is 1. The zero-order chi connectivity index (χ0) is 17.4. The van der Waals surface area contributed by atoms with Gasteiger partial charge in [-0.25, -0.2) is 0 Å². The summed E-state index contributed by atoms with van der Waals surface area (Å²) >= 11 is 0. The zero-order valence-electron chi connectivity index (χ0n) is 15.4. The molecule has 136 valence electrons. The number of carbonyl (C=O) groups is 1. The lowest BCUT2D eigenvalue weighted by atomic mass is 9.68. The van der Waals surface area contributed by atoms with Crippen LogP contribution in [0.2, 0.25) is 0 Å². The highest BCUT2D eigenvalue weighted by atomic mass is 16.5. The van der Waals surface area contributed by atoms with Crippen LogP contribution in [0.5, 0.6) is 5.75 Å². The molecule has 2 heterocycles. The van der Waals surface area contributed by atoms with Gasteiger partial charge in [0.15, 0.2) is 0 Å². The standard InChI is InChI=1S/C20H29N3O2/c1-22-10-3-11-23(13-12-22)15-6-8-20(9-7-15)17-5-4-16(25-2)14-18(17)21-19(20)24/h4-5,14-15H,3,6-13H2,1-2H3,(H,21,24). The van der Waals surface area contributed by atoms with Crippen LogP contribution in [0.1, 0.15) is 37.7 Å². The van der Waals surface area contributed by atoms with Crippen LogP contribution < -0.4 is 10.1 Å². The largest absolute Gasteiger partial charge is 0.497 e. The van der Waals surface area contributed by atoms with E-state index in [9.17, 15) is 4.79 Å². The Labute approximate surface area is 150 Å². The third-order valence-electron chi connectivity index (χ3n) is 6.50. The van der Waals surface area contributed by atoms with E-state index in [4.69, 9.17) is 4.74 Å². The van der Waals surface area contributed by atoms with Gasteiger partial charge < -0.3 is 15.0 Å². The molecule has 0 unspecified atom stereocenters. The minimum absolute atomic E-state index is 0.185. The fourth-order valence-corrected chi connectivity index (χ4v) is 4.92. The summed E-state index contributed by atoms with van der Waals surface area (Å²) in [6, 6.07) is 6.66. The van der Waals surface area contributed by atoms with Crippen LogP contribution in [-0.4, -0.2) is 62.1 Å². The zero-order valence-corrected chi connectivity index (χ0v) is 15.4. The lowest BCUT2D eigenvalue weighted by Gasteiger charge is -2.40. The molecular weight excluding hydrogens is 314 g/mol. The Hall–Kier alpha value is -1.59. The first-order valence-electron chi connectivity index (χ1n) is 9.55. The number of methoxy groups -OCH3 is 1. The summed E-state index contributed by atoms with van der Waals surface area (Å²) in [5.74, 6) is 0.989. The maximum atomic E-state index is 12.8. The van der Waals surface area contributed by atoms with Crippen molar-refractivity contribution in [2.24, 2.45) is 0 Å². The summed E-state index contributed by atoms with van der Waals surface area (Å²) in [4.78, 5) is 17.9. The van der Waals surface area contributed by atoms with Crippen molar-refractivity contribution >= 4 is 11.6 Å². The number of fused-ring (bicyclic) bond motifs is 2. The van der Waals surface area contributed by atoms with Crippen molar-refractivity contribution in [1.29, 1.82) is 0 Å². The Morgan fingerprint density at radius 3 is 2.72 bits per heavy atom. The summed E-state index contributed by atoms with van der Waals surface area (Å²) in [5, 5.41) is 3.10. The van der Waals surface area contributed by atoms with Crippen LogP contribution in [0.15, 0.2) is 18.2 Å². The van der Waals surface area contributed by atoms with E-state index in [1.807, 2.05) is 12.1 Å². The SMILES string of the molecule is COc1ccc2c(c1)NC(=O)C21CCC(N2CCCN(C)CC2)CC1. The lowest BCUT2D eigenvalue weighted by Crippen LogP contribution is -2.46. The lowest BCUT2D eigenvalue weighted by molar-refractivity contribution is -0.122. The first kappa shape index (κ1) is 16.9. The van der Waals surface area contributed by atoms with Gasteiger partial charge in [0.1, 0.15) is 5.75 Å². The van der Waals surface area contributed by atoms with Gasteiger partial charge in [-0.2, -0.15) is 0 Å². The van der Waals surface area contributed by atoms with Gasteiger partial charge in [0, 0.05) is 30.9 Å². The molecular formula is C20H29N3O2. The van der Waals surface area contributed by atoms with Gasteiger partial charge in [-0.1, -0.05) is 6.07 Å². The molecule has 0 atom stereocenters. The van der Waals surface area contributed by atoms with Crippen molar-refractivity contribution in [2.75, 3.05) is 45.7 Å². The number of anilines is 1. The van der Waals surface area contributed by atoms with Crippen LogP contribution in [0, 0.1) is 0 Å². The molecule has 5 heteroatoms. The minimum Gasteiger partial charge on any atom is -0.497 e. The third-order valence-corrected chi connectivity index (χ3v) is 6.50. The number of rotatable bonds is 2. The Kier molecular flexibility index (Phi) is 4.46. The number of carbonyl (C=O) groups excluding carboxylic acids is 1. The molecule has 1 aromatic rings. The van der Waals surface area contributed by atoms with Crippen LogP contribution in [0.4, 0.5) is 5.69 Å². The highest BCUT2D eigenvalue weighted by Crippen LogP contribution is 2.48. The highest BCUT2D eigenvalue weighted by Gasteiger charge is 2.49. The molecule has 0 bridgehead atoms.